The molecule has 2 fully saturated rings. The molecular formula is C20H33IN4O. The van der Waals surface area contributed by atoms with E-state index in [-0.39, 0.29) is 24.0 Å². The molecule has 26 heavy (non-hydrogen) atoms. The Hall–Kier alpha value is -1.02. The smallest absolute Gasteiger partial charge is 0.191 e. The minimum Gasteiger partial charge on any atom is -0.497 e. The van der Waals surface area contributed by atoms with Crippen molar-refractivity contribution in [1.82, 2.24) is 15.5 Å². The van der Waals surface area contributed by atoms with Crippen molar-refractivity contribution in [2.75, 3.05) is 33.3 Å². The molecule has 2 aliphatic rings. The Morgan fingerprint density at radius 1 is 1.15 bits per heavy atom. The van der Waals surface area contributed by atoms with Crippen LogP contribution in [0.4, 0.5) is 0 Å². The molecule has 0 atom stereocenters. The van der Waals surface area contributed by atoms with E-state index >= 15 is 0 Å². The summed E-state index contributed by atoms with van der Waals surface area (Å²) in [6.45, 7) is 7.03. The second-order valence-electron chi connectivity index (χ2n) is 7.14. The quantitative estimate of drug-likeness (QED) is 0.312. The number of halogens is 1. The van der Waals surface area contributed by atoms with Crippen LogP contribution in [0.25, 0.3) is 0 Å². The number of rotatable bonds is 10. The molecule has 1 aromatic rings. The summed E-state index contributed by atoms with van der Waals surface area (Å²) in [5.74, 6) is 2.76. The minimum absolute atomic E-state index is 0. The minimum atomic E-state index is 0. The topological polar surface area (TPSA) is 48.9 Å². The number of hydrogen-bond donors (Lipinski definition) is 2. The zero-order valence-corrected chi connectivity index (χ0v) is 18.4. The van der Waals surface area contributed by atoms with E-state index in [4.69, 9.17) is 9.73 Å². The normalized spacial score (nSPS) is 17.0. The van der Waals surface area contributed by atoms with Gasteiger partial charge in [-0.2, -0.15) is 0 Å². The van der Waals surface area contributed by atoms with Gasteiger partial charge in [0.05, 0.1) is 13.7 Å². The molecule has 0 radical (unpaired) electrons. The molecule has 0 aliphatic heterocycles. The fraction of sp³-hybridized carbons (Fsp3) is 0.650. The van der Waals surface area contributed by atoms with Crippen LogP contribution < -0.4 is 15.4 Å². The van der Waals surface area contributed by atoms with Gasteiger partial charge in [0.25, 0.3) is 0 Å². The summed E-state index contributed by atoms with van der Waals surface area (Å²) in [6, 6.07) is 8.95. The van der Waals surface area contributed by atoms with E-state index in [0.29, 0.717) is 6.54 Å². The number of ether oxygens (including phenoxy) is 1. The average Bonchev–Trinajstić information content (AvgIpc) is 3.53. The Morgan fingerprint density at radius 2 is 1.88 bits per heavy atom. The molecule has 0 amide bonds. The second kappa shape index (κ2) is 11.0. The molecule has 2 aliphatic carbocycles. The number of aliphatic imine (C=N–C) groups is 1. The van der Waals surface area contributed by atoms with Gasteiger partial charge >= 0.3 is 0 Å². The number of hydrogen-bond acceptors (Lipinski definition) is 3. The van der Waals surface area contributed by atoms with Crippen LogP contribution in [0.1, 0.15) is 38.2 Å². The molecule has 5 nitrogen and oxygen atoms in total. The van der Waals surface area contributed by atoms with E-state index in [2.05, 4.69) is 34.6 Å². The van der Waals surface area contributed by atoms with E-state index in [9.17, 15) is 0 Å². The van der Waals surface area contributed by atoms with Crippen LogP contribution in [0.2, 0.25) is 0 Å². The van der Waals surface area contributed by atoms with Crippen LogP contribution in [0.5, 0.6) is 5.75 Å². The fourth-order valence-electron chi connectivity index (χ4n) is 3.06. The van der Waals surface area contributed by atoms with Gasteiger partial charge in [-0.05, 0) is 56.2 Å². The lowest BCUT2D eigenvalue weighted by Crippen LogP contribution is -2.42. The summed E-state index contributed by atoms with van der Waals surface area (Å²) in [7, 11) is 1.69. The molecule has 146 valence electrons. The molecule has 0 unspecified atom stereocenters. The van der Waals surface area contributed by atoms with Crippen LogP contribution in [-0.4, -0.2) is 50.2 Å². The van der Waals surface area contributed by atoms with Gasteiger partial charge in [-0.25, -0.2) is 4.99 Å². The van der Waals surface area contributed by atoms with Crippen molar-refractivity contribution < 1.29 is 4.74 Å². The molecule has 6 heteroatoms. The Morgan fingerprint density at radius 3 is 2.46 bits per heavy atom. The Labute approximate surface area is 175 Å². The van der Waals surface area contributed by atoms with Crippen LogP contribution >= 0.6 is 24.0 Å². The lowest BCUT2D eigenvalue weighted by molar-refractivity contribution is 0.256. The van der Waals surface area contributed by atoms with Gasteiger partial charge in [0.2, 0.25) is 0 Å². The molecular weight excluding hydrogens is 439 g/mol. The standard InChI is InChI=1S/C20H32N4O.HI/c1-3-21-20(23-14-16-6-10-19(25-2)11-7-16)22-12-13-24(18-8-9-18)15-17-4-5-17;/h6-7,10-11,17-18H,3-5,8-9,12-15H2,1-2H3,(H2,21,22,23);1H. The van der Waals surface area contributed by atoms with Gasteiger partial charge in [-0.15, -0.1) is 24.0 Å². The molecule has 2 saturated carbocycles. The summed E-state index contributed by atoms with van der Waals surface area (Å²) in [5.41, 5.74) is 1.19. The predicted molar refractivity (Wildman–Crippen MR) is 119 cm³/mol. The molecule has 0 bridgehead atoms. The van der Waals surface area contributed by atoms with Crippen molar-refractivity contribution in [3.8, 4) is 5.75 Å². The lowest BCUT2D eigenvalue weighted by Gasteiger charge is -2.22. The Bertz CT molecular complexity index is 555. The fourth-order valence-corrected chi connectivity index (χ4v) is 3.06. The van der Waals surface area contributed by atoms with Crippen molar-refractivity contribution in [2.24, 2.45) is 10.9 Å². The first-order chi connectivity index (χ1) is 12.3. The van der Waals surface area contributed by atoms with E-state index in [1.165, 1.54) is 37.8 Å². The first-order valence-electron chi connectivity index (χ1n) is 9.67. The van der Waals surface area contributed by atoms with Gasteiger partial charge in [-0.3, -0.25) is 4.90 Å². The monoisotopic (exact) mass is 472 g/mol. The molecule has 0 saturated heterocycles. The maximum Gasteiger partial charge on any atom is 0.191 e. The van der Waals surface area contributed by atoms with Crippen molar-refractivity contribution in [3.05, 3.63) is 29.8 Å². The number of nitrogens with one attached hydrogen (secondary N) is 2. The highest BCUT2D eigenvalue weighted by Crippen LogP contribution is 2.34. The van der Waals surface area contributed by atoms with Crippen LogP contribution in [0.15, 0.2) is 29.3 Å². The number of nitrogens with zero attached hydrogens (tertiary/aromatic N) is 2. The Balaban J connectivity index is 0.00000243. The van der Waals surface area contributed by atoms with E-state index in [1.54, 1.807) is 7.11 Å². The van der Waals surface area contributed by atoms with Crippen molar-refractivity contribution in [2.45, 2.75) is 45.2 Å². The highest BCUT2D eigenvalue weighted by atomic mass is 127. The number of benzene rings is 1. The highest BCUT2D eigenvalue weighted by molar-refractivity contribution is 14.0. The Kier molecular flexibility index (Phi) is 8.98. The third-order valence-electron chi connectivity index (χ3n) is 4.87. The first kappa shape index (κ1) is 21.3. The van der Waals surface area contributed by atoms with Crippen LogP contribution in [-0.2, 0) is 6.54 Å². The van der Waals surface area contributed by atoms with Gasteiger partial charge in [-0.1, -0.05) is 12.1 Å². The van der Waals surface area contributed by atoms with Gasteiger partial charge in [0.1, 0.15) is 5.75 Å². The molecule has 2 N–H and O–H groups in total. The largest absolute Gasteiger partial charge is 0.497 e. The van der Waals surface area contributed by atoms with Gasteiger partial charge in [0.15, 0.2) is 5.96 Å². The van der Waals surface area contributed by atoms with Gasteiger partial charge < -0.3 is 15.4 Å². The molecule has 0 spiro atoms. The third-order valence-corrected chi connectivity index (χ3v) is 4.87. The van der Waals surface area contributed by atoms with Crippen molar-refractivity contribution >= 4 is 29.9 Å². The summed E-state index contributed by atoms with van der Waals surface area (Å²) in [6.07, 6.45) is 5.64. The maximum absolute atomic E-state index is 5.20. The average molecular weight is 472 g/mol. The summed E-state index contributed by atoms with van der Waals surface area (Å²) >= 11 is 0. The summed E-state index contributed by atoms with van der Waals surface area (Å²) in [4.78, 5) is 7.38. The van der Waals surface area contributed by atoms with Crippen molar-refractivity contribution in [1.29, 1.82) is 0 Å². The zero-order valence-electron chi connectivity index (χ0n) is 16.0. The van der Waals surface area contributed by atoms with Crippen LogP contribution in [0, 0.1) is 5.92 Å². The van der Waals surface area contributed by atoms with Crippen LogP contribution in [0.3, 0.4) is 0 Å². The van der Waals surface area contributed by atoms with Crippen molar-refractivity contribution in [3.63, 3.8) is 0 Å². The van der Waals surface area contributed by atoms with E-state index < -0.39 is 0 Å². The molecule has 3 rings (SSSR count). The number of methoxy groups -OCH3 is 1. The zero-order chi connectivity index (χ0) is 17.5. The first-order valence-corrected chi connectivity index (χ1v) is 9.67. The van der Waals surface area contributed by atoms with E-state index in [0.717, 1.165) is 43.3 Å². The molecule has 0 heterocycles. The summed E-state index contributed by atoms with van der Waals surface area (Å²) in [5, 5.41) is 6.84. The molecule has 1 aromatic carbocycles. The summed E-state index contributed by atoms with van der Waals surface area (Å²) < 4.78 is 5.20. The maximum atomic E-state index is 5.20. The third kappa shape index (κ3) is 7.31. The SMILES string of the molecule is CCNC(=NCc1ccc(OC)cc1)NCCN(CC1CC1)C1CC1.I. The second-order valence-corrected chi connectivity index (χ2v) is 7.14. The lowest BCUT2D eigenvalue weighted by atomic mass is 10.2. The highest BCUT2D eigenvalue weighted by Gasteiger charge is 2.33. The van der Waals surface area contributed by atoms with Gasteiger partial charge in [0, 0.05) is 32.2 Å². The molecule has 0 aromatic heterocycles. The number of guanidine groups is 1. The van der Waals surface area contributed by atoms with E-state index in [1.807, 2.05) is 12.1 Å². The predicted octanol–water partition coefficient (Wildman–Crippen LogP) is 3.24.